The van der Waals surface area contributed by atoms with Crippen LogP contribution in [0.25, 0.3) is 0 Å². The molecule has 0 aromatic carbocycles. The molecule has 0 atom stereocenters. The van der Waals surface area contributed by atoms with Crippen molar-refractivity contribution in [3.8, 4) is 0 Å². The van der Waals surface area contributed by atoms with Gasteiger partial charge in [-0.3, -0.25) is 4.99 Å². The number of nitrogens with zero attached hydrogens (tertiary/aromatic N) is 2. The monoisotopic (exact) mass is 381 g/mol. The van der Waals surface area contributed by atoms with Crippen LogP contribution in [0.15, 0.2) is 4.99 Å². The summed E-state index contributed by atoms with van der Waals surface area (Å²) in [5, 5.41) is 0. The fourth-order valence-electron chi connectivity index (χ4n) is 3.31. The van der Waals surface area contributed by atoms with Crippen molar-refractivity contribution in [1.29, 1.82) is 0 Å². The first-order chi connectivity index (χ1) is 8.53. The molecule has 0 aliphatic heterocycles. The van der Waals surface area contributed by atoms with Crippen LogP contribution in [0.1, 0.15) is 59.8 Å². The molecule has 1 aliphatic rings. The zero-order valence-corrected chi connectivity index (χ0v) is 15.4. The highest BCUT2D eigenvalue weighted by molar-refractivity contribution is 14.0. The number of hydrogen-bond acceptors (Lipinski definition) is 1. The Bertz CT molecular complexity index is 267. The lowest BCUT2D eigenvalue weighted by Crippen LogP contribution is -2.38. The van der Waals surface area contributed by atoms with Crippen molar-refractivity contribution in [1.82, 2.24) is 4.90 Å². The summed E-state index contributed by atoms with van der Waals surface area (Å²) in [6.07, 6.45) is 6.70. The van der Waals surface area contributed by atoms with Crippen LogP contribution in [0.4, 0.5) is 0 Å². The molecule has 114 valence electrons. The molecule has 0 amide bonds. The Labute approximate surface area is 136 Å². The maximum Gasteiger partial charge on any atom is 0.191 e. The maximum absolute atomic E-state index is 6.08. The number of hydrogen-bond donors (Lipinski definition) is 1. The first-order valence-corrected chi connectivity index (χ1v) is 7.58. The molecular formula is C15H32IN3. The second-order valence-corrected chi connectivity index (χ2v) is 6.15. The van der Waals surface area contributed by atoms with Crippen molar-refractivity contribution in [2.45, 2.75) is 59.8 Å². The van der Waals surface area contributed by atoms with Gasteiger partial charge in [-0.2, -0.15) is 0 Å². The predicted octanol–water partition coefficient (Wildman–Crippen LogP) is 3.87. The normalized spacial score (nSPS) is 18.5. The van der Waals surface area contributed by atoms with Crippen molar-refractivity contribution in [3.63, 3.8) is 0 Å². The van der Waals surface area contributed by atoms with Crippen LogP contribution in [0.2, 0.25) is 0 Å². The Kier molecular flexibility index (Phi) is 9.03. The minimum atomic E-state index is 0. The zero-order chi connectivity index (χ0) is 13.6. The van der Waals surface area contributed by atoms with Crippen molar-refractivity contribution in [2.24, 2.45) is 22.1 Å². The maximum atomic E-state index is 6.08. The Balaban J connectivity index is 0.00000324. The van der Waals surface area contributed by atoms with Crippen molar-refractivity contribution >= 4 is 29.9 Å². The summed E-state index contributed by atoms with van der Waals surface area (Å²) < 4.78 is 0. The van der Waals surface area contributed by atoms with E-state index < -0.39 is 0 Å². The number of rotatable bonds is 6. The lowest BCUT2D eigenvalue weighted by Gasteiger charge is -2.30. The van der Waals surface area contributed by atoms with Crippen molar-refractivity contribution < 1.29 is 0 Å². The van der Waals surface area contributed by atoms with E-state index in [9.17, 15) is 0 Å². The average molecular weight is 381 g/mol. The quantitative estimate of drug-likeness (QED) is 0.431. The van der Waals surface area contributed by atoms with Gasteiger partial charge < -0.3 is 10.6 Å². The molecule has 3 nitrogen and oxygen atoms in total. The molecule has 0 saturated heterocycles. The molecule has 0 spiro atoms. The van der Waals surface area contributed by atoms with Crippen LogP contribution in [0.3, 0.4) is 0 Å². The molecule has 1 aliphatic carbocycles. The topological polar surface area (TPSA) is 41.6 Å². The molecule has 0 radical (unpaired) electrons. The van der Waals surface area contributed by atoms with E-state index in [4.69, 9.17) is 10.7 Å². The Morgan fingerprint density at radius 3 is 2.16 bits per heavy atom. The molecule has 0 aromatic rings. The molecule has 0 bridgehead atoms. The minimum absolute atomic E-state index is 0. The van der Waals surface area contributed by atoms with Gasteiger partial charge in [0, 0.05) is 19.6 Å². The van der Waals surface area contributed by atoms with Crippen molar-refractivity contribution in [2.75, 3.05) is 19.6 Å². The largest absolute Gasteiger partial charge is 0.370 e. The molecule has 1 fully saturated rings. The van der Waals surface area contributed by atoms with Gasteiger partial charge in [-0.15, -0.1) is 24.0 Å². The first-order valence-electron chi connectivity index (χ1n) is 7.58. The van der Waals surface area contributed by atoms with E-state index in [1.54, 1.807) is 0 Å². The fourth-order valence-corrected chi connectivity index (χ4v) is 3.31. The van der Waals surface area contributed by atoms with Crippen LogP contribution in [-0.2, 0) is 0 Å². The molecule has 0 aromatic heterocycles. The smallest absolute Gasteiger partial charge is 0.191 e. The summed E-state index contributed by atoms with van der Waals surface area (Å²) in [7, 11) is 0. The summed E-state index contributed by atoms with van der Waals surface area (Å²) in [4.78, 5) is 6.83. The van der Waals surface area contributed by atoms with Crippen LogP contribution < -0.4 is 5.73 Å². The van der Waals surface area contributed by atoms with Gasteiger partial charge in [-0.25, -0.2) is 0 Å². The standard InChI is InChI=1S/C15H31N3.HI/c1-5-18(6-2)14(16)17-12-15(11-13(3)4)9-7-8-10-15;/h13H,5-12H2,1-4H3,(H2,16,17);1H. The minimum Gasteiger partial charge on any atom is -0.370 e. The number of halogens is 1. The third-order valence-electron chi connectivity index (χ3n) is 4.17. The van der Waals surface area contributed by atoms with Crippen LogP contribution in [0, 0.1) is 11.3 Å². The summed E-state index contributed by atoms with van der Waals surface area (Å²) in [5.41, 5.74) is 6.52. The van der Waals surface area contributed by atoms with E-state index in [1.807, 2.05) is 0 Å². The predicted molar refractivity (Wildman–Crippen MR) is 95.2 cm³/mol. The average Bonchev–Trinajstić information content (AvgIpc) is 2.76. The van der Waals surface area contributed by atoms with Crippen LogP contribution >= 0.6 is 24.0 Å². The van der Waals surface area contributed by atoms with Gasteiger partial charge in [0.25, 0.3) is 0 Å². The highest BCUT2D eigenvalue weighted by Gasteiger charge is 2.34. The van der Waals surface area contributed by atoms with Crippen LogP contribution in [0.5, 0.6) is 0 Å². The molecule has 2 N–H and O–H groups in total. The highest BCUT2D eigenvalue weighted by atomic mass is 127. The third kappa shape index (κ3) is 5.88. The van der Waals surface area contributed by atoms with Gasteiger partial charge in [-0.1, -0.05) is 26.7 Å². The summed E-state index contributed by atoms with van der Waals surface area (Å²) in [6, 6.07) is 0. The highest BCUT2D eigenvalue weighted by Crippen LogP contribution is 2.43. The van der Waals surface area contributed by atoms with E-state index in [-0.39, 0.29) is 24.0 Å². The Morgan fingerprint density at radius 2 is 1.74 bits per heavy atom. The number of nitrogens with two attached hydrogens (primary N) is 1. The van der Waals surface area contributed by atoms with E-state index in [0.29, 0.717) is 5.41 Å². The third-order valence-corrected chi connectivity index (χ3v) is 4.17. The molecule has 4 heteroatoms. The summed E-state index contributed by atoms with van der Waals surface area (Å²) >= 11 is 0. The van der Waals surface area contributed by atoms with Gasteiger partial charge in [0.2, 0.25) is 0 Å². The molecule has 0 heterocycles. The van der Waals surface area contributed by atoms with E-state index >= 15 is 0 Å². The van der Waals surface area contributed by atoms with Gasteiger partial charge in [0.15, 0.2) is 5.96 Å². The SMILES string of the molecule is CCN(CC)C(N)=NCC1(CC(C)C)CCCC1.I. The lowest BCUT2D eigenvalue weighted by molar-refractivity contribution is 0.244. The lowest BCUT2D eigenvalue weighted by atomic mass is 9.78. The zero-order valence-electron chi connectivity index (χ0n) is 13.1. The van der Waals surface area contributed by atoms with E-state index in [1.165, 1.54) is 32.1 Å². The second kappa shape index (κ2) is 9.03. The van der Waals surface area contributed by atoms with Gasteiger partial charge >= 0.3 is 0 Å². The molecule has 0 unspecified atom stereocenters. The molecule has 1 rings (SSSR count). The second-order valence-electron chi connectivity index (χ2n) is 6.15. The van der Waals surface area contributed by atoms with Gasteiger partial charge in [0.05, 0.1) is 0 Å². The van der Waals surface area contributed by atoms with Gasteiger partial charge in [0.1, 0.15) is 0 Å². The Hall–Kier alpha value is 0. The molecule has 19 heavy (non-hydrogen) atoms. The van der Waals surface area contributed by atoms with Gasteiger partial charge in [-0.05, 0) is 44.4 Å². The fraction of sp³-hybridized carbons (Fsp3) is 0.933. The molecular weight excluding hydrogens is 349 g/mol. The number of guanidine groups is 1. The Morgan fingerprint density at radius 1 is 1.21 bits per heavy atom. The first kappa shape index (κ1) is 19.0. The van der Waals surface area contributed by atoms with Crippen LogP contribution in [-0.4, -0.2) is 30.5 Å². The summed E-state index contributed by atoms with van der Waals surface area (Å²) in [5.74, 6) is 1.49. The van der Waals surface area contributed by atoms with Crippen molar-refractivity contribution in [3.05, 3.63) is 0 Å². The summed E-state index contributed by atoms with van der Waals surface area (Å²) in [6.45, 7) is 11.7. The number of aliphatic imine (C=N–C) groups is 1. The molecule has 1 saturated carbocycles. The van der Waals surface area contributed by atoms with E-state index in [2.05, 4.69) is 32.6 Å². The van der Waals surface area contributed by atoms with E-state index in [0.717, 1.165) is 31.5 Å².